The molecule has 0 unspecified atom stereocenters. The summed E-state index contributed by atoms with van der Waals surface area (Å²) in [5.41, 5.74) is 0.117. The summed E-state index contributed by atoms with van der Waals surface area (Å²) in [6, 6.07) is 4.03. The van der Waals surface area contributed by atoms with Gasteiger partial charge in [0.05, 0.1) is 4.92 Å². The number of amides is 1. The van der Waals surface area contributed by atoms with Crippen LogP contribution in [0.5, 0.6) is 0 Å². The molecule has 1 amide bonds. The summed E-state index contributed by atoms with van der Waals surface area (Å²) in [6.07, 6.45) is 1.54. The van der Waals surface area contributed by atoms with E-state index in [0.717, 1.165) is 12.8 Å². The Morgan fingerprint density at radius 1 is 1.42 bits per heavy atom. The number of ether oxygens (including phenoxy) is 1. The van der Waals surface area contributed by atoms with Crippen molar-refractivity contribution in [2.24, 2.45) is 0 Å². The first kappa shape index (κ1) is 13.8. The van der Waals surface area contributed by atoms with Crippen molar-refractivity contribution < 1.29 is 14.5 Å². The van der Waals surface area contributed by atoms with E-state index in [-0.39, 0.29) is 22.7 Å². The Labute approximate surface area is 114 Å². The first-order valence-corrected chi connectivity index (χ1v) is 6.28. The third-order valence-corrected chi connectivity index (χ3v) is 3.27. The van der Waals surface area contributed by atoms with Gasteiger partial charge in [0.2, 0.25) is 0 Å². The van der Waals surface area contributed by atoms with E-state index in [1.54, 1.807) is 0 Å². The number of hydrogen-bond acceptors (Lipinski definition) is 4. The summed E-state index contributed by atoms with van der Waals surface area (Å²) in [6.45, 7) is 1.26. The number of halogens is 1. The van der Waals surface area contributed by atoms with Gasteiger partial charge in [-0.1, -0.05) is 11.6 Å². The molecule has 0 radical (unpaired) electrons. The Morgan fingerprint density at radius 3 is 2.68 bits per heavy atom. The van der Waals surface area contributed by atoms with Gasteiger partial charge < -0.3 is 10.1 Å². The minimum absolute atomic E-state index is 0.0374. The first-order chi connectivity index (χ1) is 9.08. The zero-order valence-electron chi connectivity index (χ0n) is 10.1. The minimum Gasteiger partial charge on any atom is -0.381 e. The summed E-state index contributed by atoms with van der Waals surface area (Å²) in [7, 11) is 0. The Kier molecular flexibility index (Phi) is 4.34. The van der Waals surface area contributed by atoms with Crippen LogP contribution in [0, 0.1) is 10.1 Å². The molecule has 0 aromatic heterocycles. The molecule has 1 aromatic rings. The molecule has 1 fully saturated rings. The zero-order valence-corrected chi connectivity index (χ0v) is 10.9. The molecule has 0 aliphatic carbocycles. The van der Waals surface area contributed by atoms with Crippen LogP contribution < -0.4 is 5.32 Å². The van der Waals surface area contributed by atoms with Gasteiger partial charge in [0.15, 0.2) is 0 Å². The molecule has 1 aliphatic heterocycles. The molecule has 0 spiro atoms. The maximum atomic E-state index is 12.0. The molecule has 1 heterocycles. The number of hydrogen-bond donors (Lipinski definition) is 1. The van der Waals surface area contributed by atoms with Crippen molar-refractivity contribution in [2.75, 3.05) is 13.2 Å². The van der Waals surface area contributed by atoms with E-state index < -0.39 is 4.92 Å². The lowest BCUT2D eigenvalue weighted by Gasteiger charge is -2.23. The lowest BCUT2D eigenvalue weighted by Crippen LogP contribution is -2.38. The first-order valence-electron chi connectivity index (χ1n) is 5.90. The molecule has 1 aromatic carbocycles. The van der Waals surface area contributed by atoms with Crippen LogP contribution in [0.4, 0.5) is 5.69 Å². The molecule has 1 N–H and O–H groups in total. The van der Waals surface area contributed by atoms with Crippen molar-refractivity contribution in [1.29, 1.82) is 0 Å². The average molecular weight is 285 g/mol. The number of nitro groups is 1. The highest BCUT2D eigenvalue weighted by atomic mass is 35.5. The number of carbonyl (C=O) groups is 1. The molecule has 2 rings (SSSR count). The maximum Gasteiger partial charge on any atom is 0.287 e. The highest BCUT2D eigenvalue weighted by Crippen LogP contribution is 2.25. The van der Waals surface area contributed by atoms with Gasteiger partial charge in [0, 0.05) is 30.9 Å². The van der Waals surface area contributed by atoms with E-state index in [4.69, 9.17) is 16.3 Å². The van der Waals surface area contributed by atoms with Crippen LogP contribution in [0.1, 0.15) is 23.2 Å². The van der Waals surface area contributed by atoms with Crippen molar-refractivity contribution in [3.05, 3.63) is 38.9 Å². The Bertz CT molecular complexity index is 501. The van der Waals surface area contributed by atoms with Gasteiger partial charge in [0.25, 0.3) is 11.6 Å². The van der Waals surface area contributed by atoms with E-state index in [0.29, 0.717) is 18.8 Å². The number of nitrogens with zero attached hydrogens (tertiary/aromatic N) is 1. The molecule has 6 nitrogen and oxygen atoms in total. The summed E-state index contributed by atoms with van der Waals surface area (Å²) >= 11 is 5.77. The van der Waals surface area contributed by atoms with Crippen LogP contribution in [0.15, 0.2) is 18.2 Å². The van der Waals surface area contributed by atoms with E-state index in [2.05, 4.69) is 5.32 Å². The van der Waals surface area contributed by atoms with E-state index in [1.165, 1.54) is 18.2 Å². The number of rotatable bonds is 3. The molecule has 7 heteroatoms. The predicted octanol–water partition coefficient (Wildman–Crippen LogP) is 2.16. The van der Waals surface area contributed by atoms with Crippen LogP contribution >= 0.6 is 11.6 Å². The highest BCUT2D eigenvalue weighted by Gasteiger charge is 2.19. The van der Waals surface area contributed by atoms with Crippen molar-refractivity contribution in [3.63, 3.8) is 0 Å². The lowest BCUT2D eigenvalue weighted by atomic mass is 10.1. The fraction of sp³-hybridized carbons (Fsp3) is 0.417. The van der Waals surface area contributed by atoms with Gasteiger partial charge in [-0.05, 0) is 25.0 Å². The fourth-order valence-corrected chi connectivity index (χ4v) is 2.16. The molecule has 0 bridgehead atoms. The fourth-order valence-electron chi connectivity index (χ4n) is 1.91. The number of benzene rings is 1. The molecule has 1 saturated heterocycles. The van der Waals surface area contributed by atoms with Crippen LogP contribution in [-0.4, -0.2) is 30.1 Å². The maximum absolute atomic E-state index is 12.0. The minimum atomic E-state index is -0.581. The summed E-state index contributed by atoms with van der Waals surface area (Å²) < 4.78 is 5.20. The van der Waals surface area contributed by atoms with Gasteiger partial charge >= 0.3 is 0 Å². The second-order valence-corrected chi connectivity index (χ2v) is 4.69. The second kappa shape index (κ2) is 5.99. The van der Waals surface area contributed by atoms with Crippen molar-refractivity contribution in [1.82, 2.24) is 5.32 Å². The third kappa shape index (κ3) is 3.42. The van der Waals surface area contributed by atoms with Crippen molar-refractivity contribution in [3.8, 4) is 0 Å². The number of carbonyl (C=O) groups excluding carboxylic acids is 1. The van der Waals surface area contributed by atoms with Gasteiger partial charge in [0.1, 0.15) is 5.02 Å². The SMILES string of the molecule is O=C(NC1CCOCC1)c1ccc([N+](=O)[O-])c(Cl)c1. The highest BCUT2D eigenvalue weighted by molar-refractivity contribution is 6.33. The van der Waals surface area contributed by atoms with E-state index >= 15 is 0 Å². The lowest BCUT2D eigenvalue weighted by molar-refractivity contribution is -0.384. The van der Waals surface area contributed by atoms with Gasteiger partial charge in [-0.3, -0.25) is 14.9 Å². The standard InChI is InChI=1S/C12H13ClN2O4/c13-10-7-8(1-2-11(10)15(17)18)12(16)14-9-3-5-19-6-4-9/h1-2,7,9H,3-6H2,(H,14,16). The third-order valence-electron chi connectivity index (χ3n) is 2.96. The molecule has 0 atom stereocenters. The normalized spacial score (nSPS) is 16.1. The van der Waals surface area contributed by atoms with Crippen LogP contribution in [0.3, 0.4) is 0 Å². The molecular formula is C12H13ClN2O4. The second-order valence-electron chi connectivity index (χ2n) is 4.28. The molecule has 102 valence electrons. The summed E-state index contributed by atoms with van der Waals surface area (Å²) in [5.74, 6) is -0.274. The Balaban J connectivity index is 2.06. The van der Waals surface area contributed by atoms with Gasteiger partial charge in [-0.15, -0.1) is 0 Å². The number of nitro benzene ring substituents is 1. The van der Waals surface area contributed by atoms with E-state index in [1.807, 2.05) is 0 Å². The smallest absolute Gasteiger partial charge is 0.287 e. The van der Waals surface area contributed by atoms with Gasteiger partial charge in [-0.25, -0.2) is 0 Å². The van der Waals surface area contributed by atoms with Crippen molar-refractivity contribution >= 4 is 23.2 Å². The molecule has 1 aliphatic rings. The van der Waals surface area contributed by atoms with Crippen LogP contribution in [-0.2, 0) is 4.74 Å². The summed E-state index contributed by atoms with van der Waals surface area (Å²) in [5, 5.41) is 13.5. The zero-order chi connectivity index (χ0) is 13.8. The average Bonchev–Trinajstić information content (AvgIpc) is 2.39. The molecular weight excluding hydrogens is 272 g/mol. The van der Waals surface area contributed by atoms with Crippen molar-refractivity contribution in [2.45, 2.75) is 18.9 Å². The van der Waals surface area contributed by atoms with Crippen LogP contribution in [0.2, 0.25) is 5.02 Å². The monoisotopic (exact) mass is 284 g/mol. The van der Waals surface area contributed by atoms with Gasteiger partial charge in [-0.2, -0.15) is 0 Å². The predicted molar refractivity (Wildman–Crippen MR) is 69.4 cm³/mol. The largest absolute Gasteiger partial charge is 0.381 e. The molecule has 0 saturated carbocycles. The van der Waals surface area contributed by atoms with Crippen LogP contribution in [0.25, 0.3) is 0 Å². The topological polar surface area (TPSA) is 81.5 Å². The quantitative estimate of drug-likeness (QED) is 0.681. The Morgan fingerprint density at radius 2 is 2.11 bits per heavy atom. The summed E-state index contributed by atoms with van der Waals surface area (Å²) in [4.78, 5) is 22.0. The Hall–Kier alpha value is -1.66. The molecule has 19 heavy (non-hydrogen) atoms. The van der Waals surface area contributed by atoms with E-state index in [9.17, 15) is 14.9 Å². The number of nitrogens with one attached hydrogen (secondary N) is 1.